The Balaban J connectivity index is 1.23. The second kappa shape index (κ2) is 14.9. The second-order valence-corrected chi connectivity index (χ2v) is 12.3. The Bertz CT molecular complexity index is 1760. The van der Waals surface area contributed by atoms with Gasteiger partial charge in [-0.25, -0.2) is 9.97 Å². The summed E-state index contributed by atoms with van der Waals surface area (Å²) in [5, 5.41) is 7.25. The number of hydrogen-bond acceptors (Lipinski definition) is 10. The number of benzene rings is 2. The molecular weight excluding hydrogens is 641 g/mol. The summed E-state index contributed by atoms with van der Waals surface area (Å²) >= 11 is 14.1. The van der Waals surface area contributed by atoms with E-state index in [-0.39, 0.29) is 18.1 Å². The number of hydrogen-bond donors (Lipinski definition) is 2. The molecule has 0 saturated carbocycles. The van der Waals surface area contributed by atoms with Crippen molar-refractivity contribution < 1.29 is 19.0 Å². The normalized spacial score (nSPS) is 18.0. The van der Waals surface area contributed by atoms with Gasteiger partial charge in [-0.3, -0.25) is 19.7 Å². The first-order valence-corrected chi connectivity index (χ1v) is 16.3. The zero-order valence-corrected chi connectivity index (χ0v) is 28.1. The average molecular weight is 679 g/mol. The van der Waals surface area contributed by atoms with Crippen LogP contribution in [0.25, 0.3) is 33.6 Å². The molecule has 4 aromatic rings. The van der Waals surface area contributed by atoms with Gasteiger partial charge in [0.05, 0.1) is 54.2 Å². The van der Waals surface area contributed by atoms with Crippen LogP contribution in [0.15, 0.2) is 48.8 Å². The smallest absolute Gasteiger partial charge is 0.237 e. The van der Waals surface area contributed by atoms with Gasteiger partial charge in [0, 0.05) is 74.6 Å². The van der Waals surface area contributed by atoms with Crippen molar-refractivity contribution in [2.45, 2.75) is 44.5 Å². The third kappa shape index (κ3) is 7.34. The lowest BCUT2D eigenvalue weighted by Crippen LogP contribution is -2.35. The topological polar surface area (TPSA) is 124 Å². The van der Waals surface area contributed by atoms with E-state index in [0.29, 0.717) is 76.1 Å². The lowest BCUT2D eigenvalue weighted by molar-refractivity contribution is -0.119. The van der Waals surface area contributed by atoms with E-state index < -0.39 is 0 Å². The minimum absolute atomic E-state index is 0.0862. The maximum absolute atomic E-state index is 11.5. The van der Waals surface area contributed by atoms with Crippen LogP contribution in [-0.2, 0) is 22.6 Å². The number of ether oxygens (including phenoxy) is 3. The zero-order chi connectivity index (χ0) is 32.9. The molecule has 6 rings (SSSR count). The molecule has 0 bridgehead atoms. The highest BCUT2D eigenvalue weighted by Gasteiger charge is 2.25. The van der Waals surface area contributed by atoms with Crippen molar-refractivity contribution in [1.82, 2.24) is 35.5 Å². The first-order chi connectivity index (χ1) is 22.9. The largest absolute Gasteiger partial charge is 0.480 e. The van der Waals surface area contributed by atoms with E-state index in [1.54, 1.807) is 33.7 Å². The quantitative estimate of drug-likeness (QED) is 0.207. The van der Waals surface area contributed by atoms with E-state index in [1.165, 1.54) is 0 Å². The fraction of sp³-hybridized carbons (Fsp3) is 0.382. The van der Waals surface area contributed by atoms with E-state index in [0.717, 1.165) is 42.8 Å². The molecule has 2 N–H and O–H groups in total. The molecule has 246 valence electrons. The average Bonchev–Trinajstić information content (AvgIpc) is 3.73. The van der Waals surface area contributed by atoms with Gasteiger partial charge in [-0.2, -0.15) is 0 Å². The summed E-state index contributed by atoms with van der Waals surface area (Å²) in [7, 11) is 4.90. The van der Waals surface area contributed by atoms with E-state index in [1.807, 2.05) is 36.4 Å². The van der Waals surface area contributed by atoms with E-state index in [9.17, 15) is 4.79 Å². The summed E-state index contributed by atoms with van der Waals surface area (Å²) in [6, 6.07) is 11.6. The predicted octanol–water partition coefficient (Wildman–Crippen LogP) is 5.18. The Labute approximate surface area is 284 Å². The number of methoxy groups -OCH3 is 3. The summed E-state index contributed by atoms with van der Waals surface area (Å²) in [6.07, 6.45) is 6.01. The number of carbonyl (C=O) groups is 1. The Kier molecular flexibility index (Phi) is 10.5. The number of likely N-dealkylation sites (tertiary alicyclic amines) is 1. The molecule has 1 amide bonds. The van der Waals surface area contributed by atoms with Crippen LogP contribution >= 0.6 is 23.2 Å². The molecule has 2 atom stereocenters. The first-order valence-electron chi connectivity index (χ1n) is 15.5. The molecule has 2 aromatic heterocycles. The highest BCUT2D eigenvalue weighted by molar-refractivity contribution is 6.39. The molecular formula is C34H37Cl2N7O4. The molecule has 0 aliphatic carbocycles. The minimum Gasteiger partial charge on any atom is -0.480 e. The molecule has 2 saturated heterocycles. The number of nitrogens with one attached hydrogen (secondary N) is 2. The molecule has 2 aliphatic rings. The first kappa shape index (κ1) is 33.0. The third-order valence-corrected chi connectivity index (χ3v) is 9.37. The summed E-state index contributed by atoms with van der Waals surface area (Å²) in [5.41, 5.74) is 5.45. The summed E-state index contributed by atoms with van der Waals surface area (Å²) in [6.45, 7) is 3.49. The minimum atomic E-state index is 0.0862. The SMILES string of the molecule is COc1nc(-c2cccc(-c3cccc(-c4cnc(CN5CCC(OC)C5)c(OC)n4)c3Cl)c2Cl)cnc1CNC[C@@H]1CCC(=O)N1. The Morgan fingerprint density at radius 2 is 1.47 bits per heavy atom. The van der Waals surface area contributed by atoms with Crippen molar-refractivity contribution in [2.24, 2.45) is 0 Å². The third-order valence-electron chi connectivity index (χ3n) is 8.55. The number of aromatic nitrogens is 4. The number of amides is 1. The summed E-state index contributed by atoms with van der Waals surface area (Å²) in [5.74, 6) is 0.940. The van der Waals surface area contributed by atoms with Crippen LogP contribution < -0.4 is 20.1 Å². The van der Waals surface area contributed by atoms with E-state index in [4.69, 9.17) is 52.4 Å². The van der Waals surface area contributed by atoms with Gasteiger partial charge >= 0.3 is 0 Å². The van der Waals surface area contributed by atoms with Gasteiger partial charge in [0.1, 0.15) is 11.4 Å². The van der Waals surface area contributed by atoms with Gasteiger partial charge < -0.3 is 24.8 Å². The van der Waals surface area contributed by atoms with Crippen LogP contribution in [0, 0.1) is 0 Å². The van der Waals surface area contributed by atoms with Crippen LogP contribution in [-0.4, -0.2) is 83.9 Å². The number of halogens is 2. The fourth-order valence-corrected chi connectivity index (χ4v) is 6.68. The highest BCUT2D eigenvalue weighted by Crippen LogP contribution is 2.42. The molecule has 11 nitrogen and oxygen atoms in total. The molecule has 1 unspecified atom stereocenters. The van der Waals surface area contributed by atoms with Crippen molar-refractivity contribution in [3.63, 3.8) is 0 Å². The van der Waals surface area contributed by atoms with Crippen molar-refractivity contribution in [1.29, 1.82) is 0 Å². The summed E-state index contributed by atoms with van der Waals surface area (Å²) < 4.78 is 16.7. The fourth-order valence-electron chi connectivity index (χ4n) is 6.03. The molecule has 0 radical (unpaired) electrons. The van der Waals surface area contributed by atoms with Crippen LogP contribution in [0.1, 0.15) is 30.7 Å². The predicted molar refractivity (Wildman–Crippen MR) is 181 cm³/mol. The highest BCUT2D eigenvalue weighted by atomic mass is 35.5. The van der Waals surface area contributed by atoms with Gasteiger partial charge in [-0.05, 0) is 12.8 Å². The lowest BCUT2D eigenvalue weighted by Gasteiger charge is -2.17. The van der Waals surface area contributed by atoms with Gasteiger partial charge in [-0.15, -0.1) is 0 Å². The second-order valence-electron chi connectivity index (χ2n) is 11.6. The lowest BCUT2D eigenvalue weighted by atomic mass is 9.98. The van der Waals surface area contributed by atoms with Crippen LogP contribution in [0.2, 0.25) is 10.0 Å². The Hall–Kier alpha value is -3.87. The zero-order valence-electron chi connectivity index (χ0n) is 26.6. The molecule has 0 spiro atoms. The molecule has 2 fully saturated rings. The van der Waals surface area contributed by atoms with Crippen LogP contribution in [0.5, 0.6) is 11.8 Å². The van der Waals surface area contributed by atoms with Gasteiger partial charge in [-0.1, -0.05) is 59.6 Å². The summed E-state index contributed by atoms with van der Waals surface area (Å²) in [4.78, 5) is 32.6. The molecule has 4 heterocycles. The van der Waals surface area contributed by atoms with Gasteiger partial charge in [0.15, 0.2) is 0 Å². The Morgan fingerprint density at radius 1 is 0.872 bits per heavy atom. The molecule has 13 heteroatoms. The molecule has 2 aromatic carbocycles. The monoisotopic (exact) mass is 677 g/mol. The number of rotatable bonds is 12. The van der Waals surface area contributed by atoms with E-state index >= 15 is 0 Å². The van der Waals surface area contributed by atoms with Crippen molar-refractivity contribution in [3.8, 4) is 45.4 Å². The van der Waals surface area contributed by atoms with Crippen LogP contribution in [0.4, 0.5) is 0 Å². The van der Waals surface area contributed by atoms with Crippen molar-refractivity contribution in [3.05, 3.63) is 70.2 Å². The van der Waals surface area contributed by atoms with E-state index in [2.05, 4.69) is 20.5 Å². The standard InChI is InChI=1S/C34H37Cl2N7O4/c1-45-21-12-13-43(18-21)19-29-34(47-3)42-27(17-39-29)25-9-5-7-23(32(25)36)22-6-4-8-24(31(22)35)26-16-38-28(33(41-26)46-2)15-37-14-20-10-11-30(44)40-20/h4-9,16-17,20-21,37H,10-15,18-19H2,1-3H3,(H,40,44)/t20-,21?/m0/s1. The van der Waals surface area contributed by atoms with Crippen LogP contribution in [0.3, 0.4) is 0 Å². The number of nitrogens with zero attached hydrogens (tertiary/aromatic N) is 5. The molecule has 2 aliphatic heterocycles. The van der Waals surface area contributed by atoms with Gasteiger partial charge in [0.25, 0.3) is 0 Å². The molecule has 47 heavy (non-hydrogen) atoms. The maximum Gasteiger partial charge on any atom is 0.237 e. The Morgan fingerprint density at radius 3 is 2.02 bits per heavy atom. The maximum atomic E-state index is 11.5. The van der Waals surface area contributed by atoms with Crippen molar-refractivity contribution >= 4 is 29.1 Å². The number of carbonyl (C=O) groups excluding carboxylic acids is 1. The van der Waals surface area contributed by atoms with Gasteiger partial charge in [0.2, 0.25) is 17.7 Å². The van der Waals surface area contributed by atoms with Crippen molar-refractivity contribution in [2.75, 3.05) is 41.0 Å².